The Morgan fingerprint density at radius 3 is 2.39 bits per heavy atom. The van der Waals surface area contributed by atoms with Gasteiger partial charge >= 0.3 is 5.97 Å². The van der Waals surface area contributed by atoms with E-state index in [-0.39, 0.29) is 22.8 Å². The SMILES string of the molecule is C/C=C\C.Cc1c(F)ccc(-c2scc(NC(=O)c3cc4ccccc4o3)c2C(=O)O)c1C. The minimum atomic E-state index is -1.18. The lowest BCUT2D eigenvalue weighted by molar-refractivity contribution is 0.0699. The zero-order valence-corrected chi connectivity index (χ0v) is 19.5. The fraction of sp³-hybridized carbons (Fsp3) is 0.154. The van der Waals surface area contributed by atoms with Gasteiger partial charge < -0.3 is 14.8 Å². The summed E-state index contributed by atoms with van der Waals surface area (Å²) in [5, 5.41) is 14.7. The molecular weight excluding hydrogens is 441 g/mol. The van der Waals surface area contributed by atoms with Crippen LogP contribution in [0.5, 0.6) is 0 Å². The van der Waals surface area contributed by atoms with Gasteiger partial charge in [-0.15, -0.1) is 11.3 Å². The van der Waals surface area contributed by atoms with E-state index in [1.165, 1.54) is 17.4 Å². The van der Waals surface area contributed by atoms with Gasteiger partial charge in [0, 0.05) is 10.8 Å². The number of allylic oxidation sites excluding steroid dienone is 2. The topological polar surface area (TPSA) is 79.5 Å². The van der Waals surface area contributed by atoms with Gasteiger partial charge in [0.25, 0.3) is 5.91 Å². The molecule has 1 amide bonds. The molecule has 0 unspecified atom stereocenters. The van der Waals surface area contributed by atoms with Gasteiger partial charge in [-0.1, -0.05) is 36.4 Å². The van der Waals surface area contributed by atoms with Crippen LogP contribution in [0.15, 0.2) is 64.4 Å². The summed E-state index contributed by atoms with van der Waals surface area (Å²) in [6, 6.07) is 11.7. The number of aromatic carboxylic acids is 1. The third-order valence-electron chi connectivity index (χ3n) is 5.20. The Balaban J connectivity index is 0.000000709. The van der Waals surface area contributed by atoms with Gasteiger partial charge in [-0.3, -0.25) is 4.79 Å². The first-order valence-corrected chi connectivity index (χ1v) is 11.1. The molecule has 4 aromatic rings. The van der Waals surface area contributed by atoms with Crippen molar-refractivity contribution in [2.75, 3.05) is 5.32 Å². The van der Waals surface area contributed by atoms with Gasteiger partial charge in [0.05, 0.1) is 10.6 Å². The number of halogens is 1. The zero-order chi connectivity index (χ0) is 24.1. The van der Waals surface area contributed by atoms with E-state index in [0.717, 1.165) is 5.39 Å². The van der Waals surface area contributed by atoms with Crippen LogP contribution in [0.4, 0.5) is 10.1 Å². The second kappa shape index (κ2) is 10.3. The fourth-order valence-electron chi connectivity index (χ4n) is 3.17. The summed E-state index contributed by atoms with van der Waals surface area (Å²) in [5.74, 6) is -1.98. The molecule has 0 radical (unpaired) electrons. The predicted octanol–water partition coefficient (Wildman–Crippen LogP) is 7.45. The summed E-state index contributed by atoms with van der Waals surface area (Å²) in [7, 11) is 0. The number of anilines is 1. The van der Waals surface area contributed by atoms with Crippen molar-refractivity contribution in [2.24, 2.45) is 0 Å². The molecule has 0 atom stereocenters. The van der Waals surface area contributed by atoms with Crippen LogP contribution in [0.1, 0.15) is 45.9 Å². The number of carboxylic acid groups (broad SMARTS) is 1. The largest absolute Gasteiger partial charge is 0.478 e. The summed E-state index contributed by atoms with van der Waals surface area (Å²) < 4.78 is 19.4. The van der Waals surface area contributed by atoms with Crippen molar-refractivity contribution in [1.29, 1.82) is 0 Å². The summed E-state index contributed by atoms with van der Waals surface area (Å²) in [5.41, 5.74) is 2.44. The third kappa shape index (κ3) is 5.04. The molecule has 33 heavy (non-hydrogen) atoms. The number of carbonyl (C=O) groups is 2. The molecule has 7 heteroatoms. The fourth-order valence-corrected chi connectivity index (χ4v) is 4.25. The number of hydrogen-bond donors (Lipinski definition) is 2. The van der Waals surface area contributed by atoms with Crippen molar-refractivity contribution < 1.29 is 23.5 Å². The molecule has 2 heterocycles. The number of thiophene rings is 1. The first-order chi connectivity index (χ1) is 15.8. The molecule has 2 N–H and O–H groups in total. The lowest BCUT2D eigenvalue weighted by Crippen LogP contribution is -2.13. The van der Waals surface area contributed by atoms with Crippen molar-refractivity contribution in [3.8, 4) is 10.4 Å². The molecule has 5 nitrogen and oxygen atoms in total. The van der Waals surface area contributed by atoms with Gasteiger partial charge in [0.15, 0.2) is 5.76 Å². The normalized spacial score (nSPS) is 10.8. The Kier molecular flexibility index (Phi) is 7.45. The summed E-state index contributed by atoms with van der Waals surface area (Å²) >= 11 is 1.18. The van der Waals surface area contributed by atoms with Gasteiger partial charge in [0.1, 0.15) is 17.0 Å². The maximum absolute atomic E-state index is 13.8. The zero-order valence-electron chi connectivity index (χ0n) is 18.7. The van der Waals surface area contributed by atoms with Crippen LogP contribution in [-0.2, 0) is 0 Å². The molecule has 0 aliphatic rings. The number of hydrogen-bond acceptors (Lipinski definition) is 4. The van der Waals surface area contributed by atoms with Crippen LogP contribution in [0.3, 0.4) is 0 Å². The average molecular weight is 466 g/mol. The minimum Gasteiger partial charge on any atom is -0.478 e. The summed E-state index contributed by atoms with van der Waals surface area (Å²) in [6.07, 6.45) is 4.00. The number of carboxylic acids is 1. The van der Waals surface area contributed by atoms with E-state index in [1.807, 2.05) is 38.1 Å². The lowest BCUT2D eigenvalue weighted by atomic mass is 9.99. The van der Waals surface area contributed by atoms with Crippen molar-refractivity contribution in [3.63, 3.8) is 0 Å². The summed E-state index contributed by atoms with van der Waals surface area (Å²) in [6.45, 7) is 7.39. The van der Waals surface area contributed by atoms with Crippen LogP contribution in [0.2, 0.25) is 0 Å². The van der Waals surface area contributed by atoms with Crippen molar-refractivity contribution in [3.05, 3.63) is 88.3 Å². The molecule has 4 rings (SSSR count). The summed E-state index contributed by atoms with van der Waals surface area (Å²) in [4.78, 5) is 25.0. The Morgan fingerprint density at radius 1 is 1.06 bits per heavy atom. The maximum Gasteiger partial charge on any atom is 0.339 e. The van der Waals surface area contributed by atoms with E-state index in [9.17, 15) is 19.1 Å². The number of furan rings is 1. The van der Waals surface area contributed by atoms with Crippen LogP contribution >= 0.6 is 11.3 Å². The molecule has 0 aliphatic carbocycles. The van der Waals surface area contributed by atoms with E-state index in [1.54, 1.807) is 43.5 Å². The molecule has 0 aliphatic heterocycles. The van der Waals surface area contributed by atoms with Crippen molar-refractivity contribution in [2.45, 2.75) is 27.7 Å². The number of nitrogens with one attached hydrogen (secondary N) is 1. The number of para-hydroxylation sites is 1. The first-order valence-electron chi connectivity index (χ1n) is 10.3. The van der Waals surface area contributed by atoms with Gasteiger partial charge in [0.2, 0.25) is 0 Å². The Labute approximate surface area is 195 Å². The lowest BCUT2D eigenvalue weighted by Gasteiger charge is -2.10. The Bertz CT molecular complexity index is 1310. The Morgan fingerprint density at radius 2 is 1.76 bits per heavy atom. The molecule has 2 aromatic heterocycles. The van der Waals surface area contributed by atoms with Crippen LogP contribution < -0.4 is 5.32 Å². The minimum absolute atomic E-state index is 0.0337. The van der Waals surface area contributed by atoms with E-state index in [4.69, 9.17) is 4.42 Å². The van der Waals surface area contributed by atoms with Gasteiger partial charge in [-0.25, -0.2) is 9.18 Å². The van der Waals surface area contributed by atoms with Crippen molar-refractivity contribution >= 4 is 39.9 Å². The van der Waals surface area contributed by atoms with Crippen LogP contribution in [-0.4, -0.2) is 17.0 Å². The smallest absolute Gasteiger partial charge is 0.339 e. The van der Waals surface area contributed by atoms with Crippen LogP contribution in [0.25, 0.3) is 21.4 Å². The highest BCUT2D eigenvalue weighted by molar-refractivity contribution is 7.14. The van der Waals surface area contributed by atoms with E-state index in [0.29, 0.717) is 27.2 Å². The van der Waals surface area contributed by atoms with Gasteiger partial charge in [-0.05, 0) is 62.6 Å². The maximum atomic E-state index is 13.8. The average Bonchev–Trinajstić information content (AvgIpc) is 3.42. The number of amides is 1. The van der Waals surface area contributed by atoms with Crippen LogP contribution in [0, 0.1) is 19.7 Å². The van der Waals surface area contributed by atoms with E-state index < -0.39 is 11.9 Å². The van der Waals surface area contributed by atoms with E-state index in [2.05, 4.69) is 5.32 Å². The second-order valence-corrected chi connectivity index (χ2v) is 8.15. The number of benzene rings is 2. The van der Waals surface area contributed by atoms with Crippen molar-refractivity contribution in [1.82, 2.24) is 0 Å². The Hall–Kier alpha value is -3.71. The standard InChI is InChI=1S/C22H16FNO4S.C4H8/c1-11-12(2)15(23)8-7-14(11)20-19(22(26)27)16(10-29-20)24-21(25)18-9-13-5-3-4-6-17(13)28-18;1-3-4-2/h3-10H,1-2H3,(H,24,25)(H,26,27);3-4H,1-2H3/b;4-3-. The molecule has 0 saturated heterocycles. The van der Waals surface area contributed by atoms with Gasteiger partial charge in [-0.2, -0.15) is 0 Å². The molecule has 0 bridgehead atoms. The highest BCUT2D eigenvalue weighted by Crippen LogP contribution is 2.39. The highest BCUT2D eigenvalue weighted by atomic mass is 32.1. The third-order valence-corrected chi connectivity index (χ3v) is 6.21. The number of fused-ring (bicyclic) bond motifs is 1. The van der Waals surface area contributed by atoms with E-state index >= 15 is 0 Å². The highest BCUT2D eigenvalue weighted by Gasteiger charge is 2.24. The molecule has 0 saturated carbocycles. The second-order valence-electron chi connectivity index (χ2n) is 7.27. The molecular formula is C26H24FNO4S. The predicted molar refractivity (Wildman–Crippen MR) is 131 cm³/mol. The molecule has 0 fully saturated rings. The monoisotopic (exact) mass is 465 g/mol. The molecule has 170 valence electrons. The molecule has 0 spiro atoms. The quantitative estimate of drug-likeness (QED) is 0.307. The first kappa shape index (κ1) is 23.9. The number of carbonyl (C=O) groups excluding carboxylic acids is 1. The molecule has 2 aromatic carbocycles. The number of rotatable bonds is 4.